The van der Waals surface area contributed by atoms with Crippen molar-refractivity contribution < 1.29 is 14.3 Å². The van der Waals surface area contributed by atoms with Gasteiger partial charge in [0.15, 0.2) is 0 Å². The molecule has 0 aliphatic heterocycles. The highest BCUT2D eigenvalue weighted by Crippen LogP contribution is 2.29. The first kappa shape index (κ1) is 27.7. The molecule has 10 heteroatoms. The first-order valence-electron chi connectivity index (χ1n) is 12.3. The van der Waals surface area contributed by atoms with Crippen LogP contribution < -0.4 is 26.0 Å². The Balaban J connectivity index is 1.70. The van der Waals surface area contributed by atoms with Crippen molar-refractivity contribution in [2.75, 3.05) is 12.4 Å². The van der Waals surface area contributed by atoms with Crippen molar-refractivity contribution in [3.8, 4) is 17.4 Å². The summed E-state index contributed by atoms with van der Waals surface area (Å²) in [6.07, 6.45) is 0.716. The number of anilines is 1. The number of carbonyl (C=O) groups excluding carboxylic acids is 1. The van der Waals surface area contributed by atoms with Crippen molar-refractivity contribution in [2.24, 2.45) is 0 Å². The Kier molecular flexibility index (Phi) is 8.51. The molecular weight excluding hydrogens is 520 g/mol. The molecule has 0 fully saturated rings. The molecule has 0 amide bonds. The average Bonchev–Trinajstić information content (AvgIpc) is 2.89. The van der Waals surface area contributed by atoms with Crippen LogP contribution in [0.3, 0.4) is 0 Å². The Morgan fingerprint density at radius 2 is 1.79 bits per heavy atom. The number of nitrogens with one attached hydrogen (secondary N) is 2. The molecule has 9 nitrogen and oxygen atoms in total. The van der Waals surface area contributed by atoms with Gasteiger partial charge in [-0.2, -0.15) is 0 Å². The number of pyridine rings is 1. The summed E-state index contributed by atoms with van der Waals surface area (Å²) in [5, 5.41) is 3.49. The van der Waals surface area contributed by atoms with Gasteiger partial charge in [0.2, 0.25) is 5.88 Å². The second-order valence-corrected chi connectivity index (χ2v) is 9.79. The smallest absolute Gasteiger partial charge is 0.331 e. The summed E-state index contributed by atoms with van der Waals surface area (Å²) in [5.41, 5.74) is 2.04. The lowest BCUT2D eigenvalue weighted by atomic mass is 10.1. The van der Waals surface area contributed by atoms with E-state index < -0.39 is 11.2 Å². The number of hydrogen-bond donors (Lipinski definition) is 2. The second-order valence-electron chi connectivity index (χ2n) is 9.40. The summed E-state index contributed by atoms with van der Waals surface area (Å²) in [7, 11) is 1.61. The number of methoxy groups -OCH3 is 1. The molecule has 2 aromatic carbocycles. The number of rotatable bonds is 10. The summed E-state index contributed by atoms with van der Waals surface area (Å²) in [6, 6.07) is 16.1. The summed E-state index contributed by atoms with van der Waals surface area (Å²) in [6.45, 7) is 6.05. The highest BCUT2D eigenvalue weighted by Gasteiger charge is 2.21. The largest absolute Gasteiger partial charge is 0.497 e. The maximum absolute atomic E-state index is 13.0. The topological polar surface area (TPSA) is 115 Å². The van der Waals surface area contributed by atoms with E-state index in [9.17, 15) is 14.4 Å². The number of hydrogen-bond acceptors (Lipinski definition) is 7. The van der Waals surface area contributed by atoms with Crippen LogP contribution in [0.25, 0.3) is 0 Å². The lowest BCUT2D eigenvalue weighted by Gasteiger charge is -2.19. The molecule has 4 aromatic rings. The summed E-state index contributed by atoms with van der Waals surface area (Å²) in [5.74, 6) is 1.47. The number of aldehydes is 1. The number of aromatic nitrogens is 3. The van der Waals surface area contributed by atoms with Gasteiger partial charge in [0.1, 0.15) is 28.8 Å². The van der Waals surface area contributed by atoms with Gasteiger partial charge in [-0.1, -0.05) is 37.6 Å². The molecule has 4 rings (SSSR count). The highest BCUT2D eigenvalue weighted by molar-refractivity contribution is 6.29. The van der Waals surface area contributed by atoms with Crippen LogP contribution in [0.15, 0.2) is 64.2 Å². The third-order valence-electron chi connectivity index (χ3n) is 6.01. The molecule has 0 saturated carbocycles. The van der Waals surface area contributed by atoms with Gasteiger partial charge in [-0.3, -0.25) is 19.1 Å². The first-order chi connectivity index (χ1) is 18.7. The van der Waals surface area contributed by atoms with Crippen molar-refractivity contribution in [3.63, 3.8) is 0 Å². The number of benzene rings is 2. The zero-order valence-corrected chi connectivity index (χ0v) is 22.8. The van der Waals surface area contributed by atoms with Gasteiger partial charge in [0.25, 0.3) is 5.56 Å². The molecule has 0 bridgehead atoms. The predicted molar refractivity (Wildman–Crippen MR) is 151 cm³/mol. The fourth-order valence-corrected chi connectivity index (χ4v) is 4.43. The van der Waals surface area contributed by atoms with Crippen LogP contribution in [-0.2, 0) is 13.1 Å². The number of nitrogens with zero attached hydrogens (tertiary/aromatic N) is 2. The van der Waals surface area contributed by atoms with Gasteiger partial charge in [-0.15, -0.1) is 0 Å². The Morgan fingerprint density at radius 3 is 2.46 bits per heavy atom. The minimum Gasteiger partial charge on any atom is -0.497 e. The van der Waals surface area contributed by atoms with E-state index in [4.69, 9.17) is 21.1 Å². The van der Waals surface area contributed by atoms with E-state index in [0.717, 1.165) is 16.9 Å². The van der Waals surface area contributed by atoms with Crippen LogP contribution in [0, 0.1) is 6.92 Å². The molecule has 2 heterocycles. The van der Waals surface area contributed by atoms with E-state index in [1.54, 1.807) is 37.4 Å². The predicted octanol–water partition coefficient (Wildman–Crippen LogP) is 5.29. The first-order valence-corrected chi connectivity index (χ1v) is 12.7. The minimum absolute atomic E-state index is 0.0521. The molecule has 0 saturated heterocycles. The van der Waals surface area contributed by atoms with Crippen molar-refractivity contribution in [2.45, 2.75) is 39.8 Å². The van der Waals surface area contributed by atoms with E-state index in [0.29, 0.717) is 41.1 Å². The molecule has 0 unspecified atom stereocenters. The molecule has 0 atom stereocenters. The molecular formula is C29H29ClN4O5. The molecule has 202 valence electrons. The van der Waals surface area contributed by atoms with Crippen LogP contribution >= 0.6 is 11.6 Å². The second kappa shape index (κ2) is 12.0. The zero-order chi connectivity index (χ0) is 28.1. The number of halogens is 1. The van der Waals surface area contributed by atoms with Crippen LogP contribution in [0.1, 0.15) is 52.4 Å². The third kappa shape index (κ3) is 6.74. The lowest BCUT2D eigenvalue weighted by molar-refractivity contribution is 0.112. The Hall–Kier alpha value is -4.37. The lowest BCUT2D eigenvalue weighted by Crippen LogP contribution is -2.34. The van der Waals surface area contributed by atoms with E-state index in [1.165, 1.54) is 4.57 Å². The SMILES string of the molecule is COc1ccc(CNc2cc(Cn3c(Oc4cc(C)cc(C=O)c4)c(C(C)C)c(=O)[nH]c3=O)cc(Cl)n2)cc1. The number of aromatic amines is 1. The van der Waals surface area contributed by atoms with E-state index in [-0.39, 0.29) is 23.5 Å². The van der Waals surface area contributed by atoms with E-state index >= 15 is 0 Å². The van der Waals surface area contributed by atoms with Gasteiger partial charge in [0, 0.05) is 12.1 Å². The molecule has 2 N–H and O–H groups in total. The zero-order valence-electron chi connectivity index (χ0n) is 22.1. The van der Waals surface area contributed by atoms with Crippen molar-refractivity contribution >= 4 is 23.7 Å². The number of aryl methyl sites for hydroxylation is 1. The normalized spacial score (nSPS) is 10.9. The van der Waals surface area contributed by atoms with Crippen LogP contribution in [0.2, 0.25) is 5.15 Å². The van der Waals surface area contributed by atoms with Gasteiger partial charge >= 0.3 is 5.69 Å². The minimum atomic E-state index is -0.636. The monoisotopic (exact) mass is 548 g/mol. The highest BCUT2D eigenvalue weighted by atomic mass is 35.5. The van der Waals surface area contributed by atoms with Gasteiger partial charge < -0.3 is 14.8 Å². The van der Waals surface area contributed by atoms with Crippen LogP contribution in [0.5, 0.6) is 17.4 Å². The molecule has 0 radical (unpaired) electrons. The van der Waals surface area contributed by atoms with Gasteiger partial charge in [-0.05, 0) is 72.0 Å². The number of carbonyl (C=O) groups is 1. The Bertz CT molecular complexity index is 1610. The fourth-order valence-electron chi connectivity index (χ4n) is 4.19. The molecule has 0 aliphatic rings. The van der Waals surface area contributed by atoms with Crippen molar-refractivity contribution in [3.05, 3.63) is 108 Å². The quantitative estimate of drug-likeness (QED) is 0.204. The van der Waals surface area contributed by atoms with Gasteiger partial charge in [-0.25, -0.2) is 9.78 Å². The summed E-state index contributed by atoms with van der Waals surface area (Å²) < 4.78 is 12.7. The van der Waals surface area contributed by atoms with Gasteiger partial charge in [0.05, 0.1) is 19.2 Å². The molecule has 0 aliphatic carbocycles. The van der Waals surface area contributed by atoms with Crippen molar-refractivity contribution in [1.29, 1.82) is 0 Å². The Labute approximate surface area is 230 Å². The maximum Gasteiger partial charge on any atom is 0.331 e. The average molecular weight is 549 g/mol. The third-order valence-corrected chi connectivity index (χ3v) is 6.21. The Morgan fingerprint density at radius 1 is 1.05 bits per heavy atom. The van der Waals surface area contributed by atoms with Crippen molar-refractivity contribution in [1.82, 2.24) is 14.5 Å². The van der Waals surface area contributed by atoms with E-state index in [2.05, 4.69) is 15.3 Å². The summed E-state index contributed by atoms with van der Waals surface area (Å²) >= 11 is 6.33. The van der Waals surface area contributed by atoms with Crippen LogP contribution in [0.4, 0.5) is 5.82 Å². The number of H-pyrrole nitrogens is 1. The van der Waals surface area contributed by atoms with Crippen LogP contribution in [-0.4, -0.2) is 27.9 Å². The standard InChI is InChI=1S/C29H29ClN4O5/c1-17(2)26-27(36)33-29(37)34(28(26)39-23-10-18(3)9-21(11-23)16-35)15-20-12-24(30)32-25(13-20)31-14-19-5-7-22(38-4)8-6-19/h5-13,16-17H,14-15H2,1-4H3,(H,31,32)(H,33,36,37). The molecule has 39 heavy (non-hydrogen) atoms. The maximum atomic E-state index is 13.0. The number of ether oxygens (including phenoxy) is 2. The van der Waals surface area contributed by atoms with E-state index in [1.807, 2.05) is 45.0 Å². The molecule has 0 spiro atoms. The fraction of sp³-hybridized carbons (Fsp3) is 0.241. The summed E-state index contributed by atoms with van der Waals surface area (Å²) in [4.78, 5) is 44.0. The molecule has 2 aromatic heterocycles.